The van der Waals surface area contributed by atoms with E-state index >= 15 is 0 Å². The van der Waals surface area contributed by atoms with Crippen molar-refractivity contribution in [1.82, 2.24) is 24.7 Å². The summed E-state index contributed by atoms with van der Waals surface area (Å²) in [6.45, 7) is 7.82. The molecule has 10 heteroatoms. The topological polar surface area (TPSA) is 103 Å². The average molecular weight is 598 g/mol. The lowest BCUT2D eigenvalue weighted by molar-refractivity contribution is -0.136. The fourth-order valence-corrected chi connectivity index (χ4v) is 6.32. The van der Waals surface area contributed by atoms with Crippen molar-refractivity contribution < 1.29 is 14.6 Å². The number of ether oxygens (including phenoxy) is 1. The Hall–Kier alpha value is -4.34. The Morgan fingerprint density at radius 1 is 1.07 bits per heavy atom. The van der Waals surface area contributed by atoms with Crippen LogP contribution in [0.3, 0.4) is 0 Å². The molecular formula is C32H28ClN5O3S. The van der Waals surface area contributed by atoms with Crippen molar-refractivity contribution in [2.24, 2.45) is 7.05 Å². The molecule has 0 fully saturated rings. The van der Waals surface area contributed by atoms with Gasteiger partial charge >= 0.3 is 5.97 Å². The molecule has 0 aliphatic rings. The second-order valence-corrected chi connectivity index (χ2v) is 12.6. The van der Waals surface area contributed by atoms with Gasteiger partial charge in [0, 0.05) is 40.3 Å². The van der Waals surface area contributed by atoms with Crippen LogP contribution in [0.4, 0.5) is 0 Å². The number of aryl methyl sites for hydroxylation is 2. The predicted octanol–water partition coefficient (Wildman–Crippen LogP) is 7.74. The molecule has 1 N–H and O–H groups in total. The first-order chi connectivity index (χ1) is 20.0. The molecule has 0 saturated heterocycles. The second kappa shape index (κ2) is 10.5. The van der Waals surface area contributed by atoms with Crippen molar-refractivity contribution in [2.75, 3.05) is 0 Å². The summed E-state index contributed by atoms with van der Waals surface area (Å²) in [5.41, 5.74) is 6.72. The first-order valence-corrected chi connectivity index (χ1v) is 14.5. The van der Waals surface area contributed by atoms with E-state index < -0.39 is 11.6 Å². The average Bonchev–Trinajstić information content (AvgIpc) is 3.52. The molecular weight excluding hydrogens is 570 g/mol. The molecule has 0 amide bonds. The predicted molar refractivity (Wildman–Crippen MR) is 167 cm³/mol. The van der Waals surface area contributed by atoms with Crippen LogP contribution < -0.4 is 4.74 Å². The number of aliphatic carboxylic acids is 1. The van der Waals surface area contributed by atoms with Crippen molar-refractivity contribution in [3.05, 3.63) is 77.2 Å². The highest BCUT2D eigenvalue weighted by molar-refractivity contribution is 7.22. The molecule has 2 aromatic carbocycles. The smallest absolute Gasteiger partial charge is 0.307 e. The van der Waals surface area contributed by atoms with Gasteiger partial charge in [0.2, 0.25) is 0 Å². The van der Waals surface area contributed by atoms with Crippen LogP contribution in [0.1, 0.15) is 31.9 Å². The third kappa shape index (κ3) is 5.33. The highest BCUT2D eigenvalue weighted by atomic mass is 35.5. The molecule has 4 aromatic heterocycles. The van der Waals surface area contributed by atoms with Gasteiger partial charge in [-0.2, -0.15) is 5.10 Å². The van der Waals surface area contributed by atoms with Crippen molar-refractivity contribution in [1.29, 1.82) is 0 Å². The van der Waals surface area contributed by atoms with Gasteiger partial charge in [-0.3, -0.25) is 19.4 Å². The molecule has 0 bridgehead atoms. The highest BCUT2D eigenvalue weighted by Crippen LogP contribution is 2.45. The van der Waals surface area contributed by atoms with Gasteiger partial charge in [0.25, 0.3) is 0 Å². The Balaban J connectivity index is 1.53. The number of thiazole rings is 1. The number of hydrogen-bond acceptors (Lipinski definition) is 7. The van der Waals surface area contributed by atoms with Crippen molar-refractivity contribution >= 4 is 50.0 Å². The molecule has 0 aliphatic heterocycles. The maximum Gasteiger partial charge on any atom is 0.307 e. The SMILES string of the molecule is Cc1cc2nc(-c3ccnc(-c4cc5cnn(C)c5cn4)c3)sc2c(-c2ccc(Cl)cc2OC(C)(C)C)c1CC(=O)O. The van der Waals surface area contributed by atoms with Gasteiger partial charge in [-0.1, -0.05) is 11.6 Å². The summed E-state index contributed by atoms with van der Waals surface area (Å²) in [5.74, 6) is -0.320. The minimum absolute atomic E-state index is 0.135. The van der Waals surface area contributed by atoms with Crippen LogP contribution in [0.5, 0.6) is 5.75 Å². The van der Waals surface area contributed by atoms with Crippen molar-refractivity contribution in [3.8, 4) is 38.8 Å². The molecule has 0 aliphatic carbocycles. The molecule has 212 valence electrons. The molecule has 6 rings (SSSR count). The van der Waals surface area contributed by atoms with Crippen LogP contribution in [-0.2, 0) is 18.3 Å². The fourth-order valence-electron chi connectivity index (χ4n) is 5.03. The van der Waals surface area contributed by atoms with Gasteiger partial charge < -0.3 is 9.84 Å². The highest BCUT2D eigenvalue weighted by Gasteiger charge is 2.24. The van der Waals surface area contributed by atoms with Gasteiger partial charge in [-0.25, -0.2) is 4.98 Å². The van der Waals surface area contributed by atoms with E-state index in [1.165, 1.54) is 11.3 Å². The monoisotopic (exact) mass is 597 g/mol. The zero-order valence-corrected chi connectivity index (χ0v) is 25.3. The molecule has 8 nitrogen and oxygen atoms in total. The van der Waals surface area contributed by atoms with E-state index in [0.29, 0.717) is 10.8 Å². The summed E-state index contributed by atoms with van der Waals surface area (Å²) in [5, 5.41) is 16.5. The normalized spacial score (nSPS) is 11.9. The number of aromatic nitrogens is 5. The molecule has 4 heterocycles. The van der Waals surface area contributed by atoms with E-state index in [4.69, 9.17) is 21.3 Å². The number of nitrogens with zero attached hydrogens (tertiary/aromatic N) is 5. The summed E-state index contributed by atoms with van der Waals surface area (Å²) in [7, 11) is 1.88. The van der Waals surface area contributed by atoms with Crippen LogP contribution in [0.15, 0.2) is 61.1 Å². The number of benzene rings is 2. The van der Waals surface area contributed by atoms with E-state index in [1.54, 1.807) is 29.2 Å². The van der Waals surface area contributed by atoms with E-state index in [-0.39, 0.29) is 6.42 Å². The van der Waals surface area contributed by atoms with E-state index in [2.05, 4.69) is 15.1 Å². The molecule has 6 aromatic rings. The zero-order valence-electron chi connectivity index (χ0n) is 23.8. The quantitative estimate of drug-likeness (QED) is 0.209. The van der Waals surface area contributed by atoms with Crippen LogP contribution in [0, 0.1) is 6.92 Å². The number of carboxylic acid groups (broad SMARTS) is 1. The van der Waals surface area contributed by atoms with Gasteiger partial charge in [-0.05, 0) is 81.3 Å². The number of hydrogen-bond donors (Lipinski definition) is 1. The molecule has 0 radical (unpaired) electrons. The Morgan fingerprint density at radius 2 is 1.86 bits per heavy atom. The summed E-state index contributed by atoms with van der Waals surface area (Å²) in [6, 6.07) is 13.3. The Bertz CT molecular complexity index is 2010. The number of pyridine rings is 2. The van der Waals surface area contributed by atoms with Crippen molar-refractivity contribution in [3.63, 3.8) is 0 Å². The number of fused-ring (bicyclic) bond motifs is 2. The van der Waals surface area contributed by atoms with Crippen LogP contribution >= 0.6 is 22.9 Å². The van der Waals surface area contributed by atoms with Crippen molar-refractivity contribution in [2.45, 2.75) is 39.7 Å². The number of halogens is 1. The van der Waals surface area contributed by atoms with E-state index in [9.17, 15) is 9.90 Å². The van der Waals surface area contributed by atoms with E-state index in [1.807, 2.05) is 71.3 Å². The lowest BCUT2D eigenvalue weighted by Gasteiger charge is -2.24. The first kappa shape index (κ1) is 27.8. The first-order valence-electron chi connectivity index (χ1n) is 13.3. The lowest BCUT2D eigenvalue weighted by Crippen LogP contribution is -2.23. The van der Waals surface area contributed by atoms with Gasteiger partial charge in [-0.15, -0.1) is 11.3 Å². The largest absolute Gasteiger partial charge is 0.487 e. The fraction of sp³-hybridized carbons (Fsp3) is 0.219. The third-order valence-corrected chi connectivity index (χ3v) is 8.24. The van der Waals surface area contributed by atoms with Gasteiger partial charge in [0.05, 0.1) is 45.9 Å². The summed E-state index contributed by atoms with van der Waals surface area (Å²) >= 11 is 7.90. The number of carbonyl (C=O) groups is 1. The van der Waals surface area contributed by atoms with Crippen LogP contribution in [-0.4, -0.2) is 41.4 Å². The maximum atomic E-state index is 12.0. The summed E-state index contributed by atoms with van der Waals surface area (Å²) in [4.78, 5) is 26.2. The minimum atomic E-state index is -0.910. The molecule has 0 saturated carbocycles. The zero-order chi connectivity index (χ0) is 29.8. The maximum absolute atomic E-state index is 12.0. The molecule has 0 unspecified atom stereocenters. The Labute approximate surface area is 251 Å². The van der Waals surface area contributed by atoms with Crippen LogP contribution in [0.2, 0.25) is 5.02 Å². The van der Waals surface area contributed by atoms with Gasteiger partial charge in [0.1, 0.15) is 16.4 Å². The molecule has 42 heavy (non-hydrogen) atoms. The number of rotatable bonds is 6. The molecule has 0 spiro atoms. The second-order valence-electron chi connectivity index (χ2n) is 11.2. The third-order valence-electron chi connectivity index (χ3n) is 6.87. The summed E-state index contributed by atoms with van der Waals surface area (Å²) in [6.07, 6.45) is 5.23. The van der Waals surface area contributed by atoms with E-state index in [0.717, 1.165) is 65.3 Å². The standard InChI is InChI=1S/C32H28ClN5O3S/c1-17-10-25-30(29(22(17)14-28(39)40)21-7-6-20(33)13-27(21)41-32(2,3)4)42-31(37-25)18-8-9-34-23(11-18)24-12-19-15-36-38(5)26(19)16-35-24/h6-13,15-16H,14H2,1-5H3,(H,39,40). The van der Waals surface area contributed by atoms with Gasteiger partial charge in [0.15, 0.2) is 0 Å². The molecule has 0 atom stereocenters. The minimum Gasteiger partial charge on any atom is -0.487 e. The summed E-state index contributed by atoms with van der Waals surface area (Å²) < 4.78 is 9.00. The van der Waals surface area contributed by atoms with Crippen LogP contribution in [0.25, 0.3) is 54.2 Å². The Morgan fingerprint density at radius 3 is 2.62 bits per heavy atom. The Kier molecular flexibility index (Phi) is 6.95. The number of carboxylic acids is 1. The lowest BCUT2D eigenvalue weighted by atomic mass is 9.92.